The molecule has 3 heteroatoms. The Morgan fingerprint density at radius 3 is 2.93 bits per heavy atom. The normalized spacial score (nSPS) is 23.7. The van der Waals surface area contributed by atoms with Crippen molar-refractivity contribution in [3.8, 4) is 0 Å². The fourth-order valence-corrected chi connectivity index (χ4v) is 2.32. The highest BCUT2D eigenvalue weighted by atomic mass is 79.9. The summed E-state index contributed by atoms with van der Waals surface area (Å²) in [6.45, 7) is 1.21. The molecule has 1 aliphatic rings. The molecule has 14 heavy (non-hydrogen) atoms. The molecule has 0 bridgehead atoms. The van der Waals surface area contributed by atoms with Crippen LogP contribution in [0, 0.1) is 0 Å². The highest BCUT2D eigenvalue weighted by Gasteiger charge is 2.20. The Morgan fingerprint density at radius 2 is 2.29 bits per heavy atom. The Morgan fingerprint density at radius 1 is 1.43 bits per heavy atom. The van der Waals surface area contributed by atoms with Gasteiger partial charge in [-0.1, -0.05) is 12.5 Å². The molecular weight excluding hydrogens is 240 g/mol. The van der Waals surface area contributed by atoms with E-state index in [4.69, 9.17) is 0 Å². The molecule has 0 saturated carbocycles. The van der Waals surface area contributed by atoms with Crippen molar-refractivity contribution in [2.24, 2.45) is 0 Å². The van der Waals surface area contributed by atoms with E-state index in [0.717, 1.165) is 4.60 Å². The number of rotatable bonds is 1. The summed E-state index contributed by atoms with van der Waals surface area (Å²) in [5.41, 5.74) is 1.34. The van der Waals surface area contributed by atoms with Gasteiger partial charge in [-0.2, -0.15) is 0 Å². The van der Waals surface area contributed by atoms with Crippen LogP contribution in [-0.4, -0.2) is 23.5 Å². The van der Waals surface area contributed by atoms with Crippen LogP contribution in [0.25, 0.3) is 0 Å². The van der Waals surface area contributed by atoms with Gasteiger partial charge in [0, 0.05) is 12.2 Å². The Bertz CT molecular complexity index is 297. The summed E-state index contributed by atoms with van der Waals surface area (Å²) in [5, 5.41) is 0. The van der Waals surface area contributed by atoms with Crippen LogP contribution in [0.5, 0.6) is 0 Å². The van der Waals surface area contributed by atoms with Crippen molar-refractivity contribution in [1.29, 1.82) is 0 Å². The van der Waals surface area contributed by atoms with Gasteiger partial charge in [0.2, 0.25) is 0 Å². The highest BCUT2D eigenvalue weighted by molar-refractivity contribution is 9.10. The van der Waals surface area contributed by atoms with Crippen LogP contribution in [-0.2, 0) is 0 Å². The van der Waals surface area contributed by atoms with Crippen molar-refractivity contribution < 1.29 is 0 Å². The van der Waals surface area contributed by atoms with E-state index in [0.29, 0.717) is 6.04 Å². The lowest BCUT2D eigenvalue weighted by Gasteiger charge is -2.32. The number of hydrogen-bond acceptors (Lipinski definition) is 2. The van der Waals surface area contributed by atoms with Gasteiger partial charge < -0.3 is 0 Å². The predicted octanol–water partition coefficient (Wildman–Crippen LogP) is 3.00. The monoisotopic (exact) mass is 254 g/mol. The second kappa shape index (κ2) is 4.41. The van der Waals surface area contributed by atoms with Crippen molar-refractivity contribution in [3.63, 3.8) is 0 Å². The minimum atomic E-state index is 0.573. The lowest BCUT2D eigenvalue weighted by molar-refractivity contribution is 0.187. The molecule has 2 rings (SSSR count). The standard InChI is InChI=1S/C11H15BrN2/c1-14-7-3-2-4-10(14)9-5-6-11(12)13-8-9/h5-6,8,10H,2-4,7H2,1H3. The SMILES string of the molecule is CN1CCCCC1c1ccc(Br)nc1. The van der Waals surface area contributed by atoms with Crippen LogP contribution >= 0.6 is 15.9 Å². The molecule has 1 aromatic heterocycles. The van der Waals surface area contributed by atoms with Crippen LogP contribution in [0.4, 0.5) is 0 Å². The minimum Gasteiger partial charge on any atom is -0.299 e. The van der Waals surface area contributed by atoms with E-state index in [1.807, 2.05) is 12.3 Å². The summed E-state index contributed by atoms with van der Waals surface area (Å²) in [4.78, 5) is 6.70. The first kappa shape index (κ1) is 10.1. The van der Waals surface area contributed by atoms with Crippen LogP contribution in [0.1, 0.15) is 30.9 Å². The van der Waals surface area contributed by atoms with Gasteiger partial charge in [-0.3, -0.25) is 4.90 Å². The van der Waals surface area contributed by atoms with Gasteiger partial charge >= 0.3 is 0 Å². The number of aromatic nitrogens is 1. The summed E-state index contributed by atoms with van der Waals surface area (Å²) in [7, 11) is 2.20. The number of hydrogen-bond donors (Lipinski definition) is 0. The number of pyridine rings is 1. The number of halogens is 1. The van der Waals surface area contributed by atoms with Crippen molar-refractivity contribution >= 4 is 15.9 Å². The Kier molecular flexibility index (Phi) is 3.19. The third kappa shape index (κ3) is 2.15. The van der Waals surface area contributed by atoms with Gasteiger partial charge in [-0.05, 0) is 54.0 Å². The lowest BCUT2D eigenvalue weighted by Crippen LogP contribution is -2.29. The molecule has 0 spiro atoms. The molecule has 0 radical (unpaired) electrons. The highest BCUT2D eigenvalue weighted by Crippen LogP contribution is 2.29. The number of nitrogens with zero attached hydrogens (tertiary/aromatic N) is 2. The smallest absolute Gasteiger partial charge is 0.106 e. The maximum absolute atomic E-state index is 4.28. The molecule has 1 saturated heterocycles. The molecule has 0 N–H and O–H groups in total. The first-order chi connectivity index (χ1) is 6.77. The number of piperidine rings is 1. The summed E-state index contributed by atoms with van der Waals surface area (Å²) >= 11 is 3.36. The Balaban J connectivity index is 2.16. The molecule has 1 aliphatic heterocycles. The van der Waals surface area contributed by atoms with Crippen LogP contribution in [0.3, 0.4) is 0 Å². The fraction of sp³-hybridized carbons (Fsp3) is 0.545. The second-order valence-electron chi connectivity index (χ2n) is 3.91. The average Bonchev–Trinajstić information content (AvgIpc) is 2.20. The van der Waals surface area contributed by atoms with Gasteiger partial charge in [-0.25, -0.2) is 4.98 Å². The fourth-order valence-electron chi connectivity index (χ4n) is 2.08. The van der Waals surface area contributed by atoms with E-state index in [1.165, 1.54) is 31.4 Å². The largest absolute Gasteiger partial charge is 0.299 e. The zero-order valence-corrected chi connectivity index (χ0v) is 10.00. The molecule has 0 aliphatic carbocycles. The average molecular weight is 255 g/mol. The third-order valence-electron chi connectivity index (χ3n) is 2.91. The maximum atomic E-state index is 4.28. The number of likely N-dealkylation sites (tertiary alicyclic amines) is 1. The first-order valence-electron chi connectivity index (χ1n) is 5.09. The Labute approximate surface area is 93.5 Å². The molecule has 2 heterocycles. The quantitative estimate of drug-likeness (QED) is 0.717. The second-order valence-corrected chi connectivity index (χ2v) is 4.72. The molecule has 0 amide bonds. The molecule has 1 atom stereocenters. The molecule has 76 valence electrons. The zero-order chi connectivity index (χ0) is 9.97. The molecule has 1 aromatic rings. The molecule has 0 aromatic carbocycles. The van der Waals surface area contributed by atoms with Crippen molar-refractivity contribution in [3.05, 3.63) is 28.5 Å². The zero-order valence-electron chi connectivity index (χ0n) is 8.41. The lowest BCUT2D eigenvalue weighted by atomic mass is 9.97. The summed E-state index contributed by atoms with van der Waals surface area (Å²) in [6.07, 6.45) is 5.92. The first-order valence-corrected chi connectivity index (χ1v) is 5.88. The summed E-state index contributed by atoms with van der Waals surface area (Å²) in [5.74, 6) is 0. The van der Waals surface area contributed by atoms with Gasteiger partial charge in [0.15, 0.2) is 0 Å². The van der Waals surface area contributed by atoms with E-state index in [-0.39, 0.29) is 0 Å². The molecular formula is C11H15BrN2. The van der Waals surface area contributed by atoms with Gasteiger partial charge in [0.05, 0.1) is 0 Å². The van der Waals surface area contributed by atoms with E-state index in [1.54, 1.807) is 0 Å². The Hall–Kier alpha value is -0.410. The molecule has 1 fully saturated rings. The van der Waals surface area contributed by atoms with Gasteiger partial charge in [-0.15, -0.1) is 0 Å². The van der Waals surface area contributed by atoms with E-state index >= 15 is 0 Å². The van der Waals surface area contributed by atoms with E-state index in [9.17, 15) is 0 Å². The maximum Gasteiger partial charge on any atom is 0.106 e. The van der Waals surface area contributed by atoms with Gasteiger partial charge in [0.1, 0.15) is 4.60 Å². The topological polar surface area (TPSA) is 16.1 Å². The van der Waals surface area contributed by atoms with E-state index < -0.39 is 0 Å². The summed E-state index contributed by atoms with van der Waals surface area (Å²) in [6, 6.07) is 4.77. The summed E-state index contributed by atoms with van der Waals surface area (Å²) < 4.78 is 0.916. The van der Waals surface area contributed by atoms with Crippen molar-refractivity contribution in [2.75, 3.05) is 13.6 Å². The third-order valence-corrected chi connectivity index (χ3v) is 3.37. The predicted molar refractivity (Wildman–Crippen MR) is 61.2 cm³/mol. The van der Waals surface area contributed by atoms with E-state index in [2.05, 4.69) is 38.9 Å². The van der Waals surface area contributed by atoms with Crippen LogP contribution in [0.15, 0.2) is 22.9 Å². The molecule has 1 unspecified atom stereocenters. The molecule has 2 nitrogen and oxygen atoms in total. The van der Waals surface area contributed by atoms with Crippen molar-refractivity contribution in [1.82, 2.24) is 9.88 Å². The van der Waals surface area contributed by atoms with Crippen molar-refractivity contribution in [2.45, 2.75) is 25.3 Å². The van der Waals surface area contributed by atoms with Crippen LogP contribution < -0.4 is 0 Å². The minimum absolute atomic E-state index is 0.573. The van der Waals surface area contributed by atoms with Gasteiger partial charge in [0.25, 0.3) is 0 Å². The van der Waals surface area contributed by atoms with Crippen LogP contribution in [0.2, 0.25) is 0 Å².